The highest BCUT2D eigenvalue weighted by molar-refractivity contribution is 5.81. The maximum Gasteiger partial charge on any atom is 0.140 e. The van der Waals surface area contributed by atoms with Crippen molar-refractivity contribution in [3.63, 3.8) is 0 Å². The predicted molar refractivity (Wildman–Crippen MR) is 92.8 cm³/mol. The fraction of sp³-hybridized carbons (Fsp3) is 0.350. The molecular formula is C20H24O4. The number of aliphatic hydroxyl groups is 1. The lowest BCUT2D eigenvalue weighted by Gasteiger charge is -2.15. The molecule has 2 aromatic carbocycles. The summed E-state index contributed by atoms with van der Waals surface area (Å²) in [5.41, 5.74) is 1.79. The summed E-state index contributed by atoms with van der Waals surface area (Å²) in [6.07, 6.45) is -0.720. The SMILES string of the molecule is COc1ccc([C@H](O)CC(=O)[C@@H](C)COCc2ccccc2)cc1. The Labute approximate surface area is 143 Å². The summed E-state index contributed by atoms with van der Waals surface area (Å²) in [5, 5.41) is 10.2. The van der Waals surface area contributed by atoms with Crippen molar-refractivity contribution in [1.29, 1.82) is 0 Å². The molecule has 0 fully saturated rings. The van der Waals surface area contributed by atoms with E-state index in [0.29, 0.717) is 18.8 Å². The third kappa shape index (κ3) is 5.48. The van der Waals surface area contributed by atoms with Gasteiger partial charge < -0.3 is 14.6 Å². The van der Waals surface area contributed by atoms with Crippen molar-refractivity contribution in [3.05, 3.63) is 65.7 Å². The summed E-state index contributed by atoms with van der Waals surface area (Å²) >= 11 is 0. The summed E-state index contributed by atoms with van der Waals surface area (Å²) in [4.78, 5) is 12.2. The fourth-order valence-corrected chi connectivity index (χ4v) is 2.36. The minimum Gasteiger partial charge on any atom is -0.497 e. The van der Waals surface area contributed by atoms with E-state index in [-0.39, 0.29) is 18.1 Å². The third-order valence-corrected chi connectivity index (χ3v) is 3.92. The summed E-state index contributed by atoms with van der Waals surface area (Å²) in [6, 6.07) is 16.9. The maximum atomic E-state index is 12.2. The van der Waals surface area contributed by atoms with Crippen LogP contribution < -0.4 is 4.74 Å². The summed E-state index contributed by atoms with van der Waals surface area (Å²) < 4.78 is 10.7. The van der Waals surface area contributed by atoms with Gasteiger partial charge in [0.1, 0.15) is 11.5 Å². The van der Waals surface area contributed by atoms with Crippen LogP contribution in [-0.2, 0) is 16.1 Å². The molecule has 2 atom stereocenters. The van der Waals surface area contributed by atoms with Gasteiger partial charge in [-0.3, -0.25) is 4.79 Å². The number of carbonyl (C=O) groups excluding carboxylic acids is 1. The first kappa shape index (κ1) is 18.2. The molecule has 0 spiro atoms. The van der Waals surface area contributed by atoms with Gasteiger partial charge in [-0.2, -0.15) is 0 Å². The smallest absolute Gasteiger partial charge is 0.140 e. The fourth-order valence-electron chi connectivity index (χ4n) is 2.36. The maximum absolute atomic E-state index is 12.2. The molecule has 4 nitrogen and oxygen atoms in total. The first-order chi connectivity index (χ1) is 11.6. The average Bonchev–Trinajstić information content (AvgIpc) is 2.62. The number of rotatable bonds is 9. The van der Waals surface area contributed by atoms with E-state index in [1.54, 1.807) is 31.4 Å². The molecule has 24 heavy (non-hydrogen) atoms. The van der Waals surface area contributed by atoms with Crippen LogP contribution in [0.3, 0.4) is 0 Å². The molecule has 0 aliphatic heterocycles. The van der Waals surface area contributed by atoms with Crippen LogP contribution in [0.5, 0.6) is 5.75 Å². The molecule has 0 bridgehead atoms. The van der Waals surface area contributed by atoms with Crippen LogP contribution in [0.1, 0.15) is 30.6 Å². The van der Waals surface area contributed by atoms with Gasteiger partial charge in [0.05, 0.1) is 26.4 Å². The van der Waals surface area contributed by atoms with Gasteiger partial charge in [-0.25, -0.2) is 0 Å². The molecule has 0 heterocycles. The highest BCUT2D eigenvalue weighted by atomic mass is 16.5. The quantitative estimate of drug-likeness (QED) is 0.765. The van der Waals surface area contributed by atoms with Crippen LogP contribution in [-0.4, -0.2) is 24.6 Å². The van der Waals surface area contributed by atoms with Crippen LogP contribution in [0.2, 0.25) is 0 Å². The summed E-state index contributed by atoms with van der Waals surface area (Å²) in [6.45, 7) is 2.66. The molecule has 2 rings (SSSR count). The molecule has 4 heteroatoms. The van der Waals surface area contributed by atoms with Crippen LogP contribution in [0, 0.1) is 5.92 Å². The second kappa shape index (κ2) is 9.21. The molecule has 0 aromatic heterocycles. The van der Waals surface area contributed by atoms with Crippen molar-refractivity contribution in [2.45, 2.75) is 26.1 Å². The van der Waals surface area contributed by atoms with Crippen LogP contribution in [0.25, 0.3) is 0 Å². The van der Waals surface area contributed by atoms with Gasteiger partial charge in [0.2, 0.25) is 0 Å². The van der Waals surface area contributed by atoms with E-state index in [4.69, 9.17) is 9.47 Å². The molecule has 0 unspecified atom stereocenters. The second-order valence-corrected chi connectivity index (χ2v) is 5.86. The molecule has 0 saturated carbocycles. The van der Waals surface area contributed by atoms with Gasteiger partial charge in [-0.1, -0.05) is 49.4 Å². The molecule has 1 N–H and O–H groups in total. The Balaban J connectivity index is 1.77. The highest BCUT2D eigenvalue weighted by Gasteiger charge is 2.18. The van der Waals surface area contributed by atoms with Crippen LogP contribution >= 0.6 is 0 Å². The van der Waals surface area contributed by atoms with Gasteiger partial charge in [-0.05, 0) is 23.3 Å². The number of ketones is 1. The molecule has 0 amide bonds. The zero-order valence-corrected chi connectivity index (χ0v) is 14.1. The first-order valence-electron chi connectivity index (χ1n) is 8.06. The highest BCUT2D eigenvalue weighted by Crippen LogP contribution is 2.21. The Morgan fingerprint density at radius 3 is 2.38 bits per heavy atom. The molecule has 0 radical (unpaired) electrons. The monoisotopic (exact) mass is 328 g/mol. The van der Waals surface area contributed by atoms with E-state index in [0.717, 1.165) is 11.3 Å². The third-order valence-electron chi connectivity index (χ3n) is 3.92. The zero-order chi connectivity index (χ0) is 17.4. The van der Waals surface area contributed by atoms with E-state index in [9.17, 15) is 9.90 Å². The van der Waals surface area contributed by atoms with Crippen molar-refractivity contribution in [1.82, 2.24) is 0 Å². The topological polar surface area (TPSA) is 55.8 Å². The Kier molecular flexibility index (Phi) is 6.97. The second-order valence-electron chi connectivity index (χ2n) is 5.86. The molecule has 0 aliphatic carbocycles. The minimum absolute atomic E-state index is 0.00798. The van der Waals surface area contributed by atoms with E-state index in [1.165, 1.54) is 0 Å². The van der Waals surface area contributed by atoms with Crippen LogP contribution in [0.15, 0.2) is 54.6 Å². The lowest BCUT2D eigenvalue weighted by atomic mass is 9.98. The van der Waals surface area contributed by atoms with Crippen LogP contribution in [0.4, 0.5) is 0 Å². The number of benzene rings is 2. The summed E-state index contributed by atoms with van der Waals surface area (Å²) in [5.74, 6) is 0.466. The van der Waals surface area contributed by atoms with E-state index < -0.39 is 6.10 Å². The van der Waals surface area contributed by atoms with E-state index >= 15 is 0 Å². The molecule has 0 aliphatic rings. The number of hydrogen-bond donors (Lipinski definition) is 1. The van der Waals surface area contributed by atoms with Crippen molar-refractivity contribution in [2.24, 2.45) is 5.92 Å². The van der Waals surface area contributed by atoms with Crippen molar-refractivity contribution in [3.8, 4) is 5.75 Å². The van der Waals surface area contributed by atoms with Crippen molar-refractivity contribution >= 4 is 5.78 Å². The normalized spacial score (nSPS) is 13.3. The van der Waals surface area contributed by atoms with Gasteiger partial charge in [0.25, 0.3) is 0 Å². The first-order valence-corrected chi connectivity index (χ1v) is 8.06. The van der Waals surface area contributed by atoms with Gasteiger partial charge >= 0.3 is 0 Å². The van der Waals surface area contributed by atoms with Gasteiger partial charge in [0.15, 0.2) is 0 Å². The molecular weight excluding hydrogens is 304 g/mol. The lowest BCUT2D eigenvalue weighted by molar-refractivity contribution is -0.126. The Bertz CT molecular complexity index is 622. The van der Waals surface area contributed by atoms with Crippen molar-refractivity contribution in [2.75, 3.05) is 13.7 Å². The van der Waals surface area contributed by atoms with Gasteiger partial charge in [-0.15, -0.1) is 0 Å². The minimum atomic E-state index is -0.806. The largest absolute Gasteiger partial charge is 0.497 e. The lowest BCUT2D eigenvalue weighted by Crippen LogP contribution is -2.19. The van der Waals surface area contributed by atoms with Crippen molar-refractivity contribution < 1.29 is 19.4 Å². The summed E-state index contributed by atoms with van der Waals surface area (Å²) in [7, 11) is 1.59. The standard InChI is InChI=1S/C20H24O4/c1-15(13-24-14-16-6-4-3-5-7-16)19(21)12-20(22)17-8-10-18(23-2)11-9-17/h3-11,15,20,22H,12-14H2,1-2H3/t15-,20+/m0/s1. The number of carbonyl (C=O) groups is 1. The average molecular weight is 328 g/mol. The number of Topliss-reactive ketones (excluding diaryl/α,β-unsaturated/α-hetero) is 1. The van der Waals surface area contributed by atoms with Gasteiger partial charge in [0, 0.05) is 12.3 Å². The predicted octanol–water partition coefficient (Wildman–Crippen LogP) is 3.54. The number of aliphatic hydroxyl groups excluding tert-OH is 1. The Morgan fingerprint density at radius 2 is 1.75 bits per heavy atom. The zero-order valence-electron chi connectivity index (χ0n) is 14.1. The van der Waals surface area contributed by atoms with E-state index in [1.807, 2.05) is 37.3 Å². The Morgan fingerprint density at radius 1 is 1.08 bits per heavy atom. The van der Waals surface area contributed by atoms with E-state index in [2.05, 4.69) is 0 Å². The Hall–Kier alpha value is -2.17. The molecule has 2 aromatic rings. The molecule has 128 valence electrons. The number of ether oxygens (including phenoxy) is 2. The number of hydrogen-bond acceptors (Lipinski definition) is 4. The molecule has 0 saturated heterocycles. The number of methoxy groups -OCH3 is 1.